The van der Waals surface area contributed by atoms with Gasteiger partial charge >= 0.3 is 5.97 Å². The molecule has 1 aliphatic heterocycles. The van der Waals surface area contributed by atoms with Crippen molar-refractivity contribution in [2.45, 2.75) is 18.9 Å². The van der Waals surface area contributed by atoms with Gasteiger partial charge in [0.1, 0.15) is 11.4 Å². The molecule has 0 amide bonds. The smallest absolute Gasteiger partial charge is 0.339 e. The number of pyridine rings is 1. The Morgan fingerprint density at radius 1 is 1.62 bits per heavy atom. The van der Waals surface area contributed by atoms with Gasteiger partial charge in [-0.1, -0.05) is 0 Å². The van der Waals surface area contributed by atoms with Crippen LogP contribution < -0.4 is 4.90 Å². The van der Waals surface area contributed by atoms with Crippen molar-refractivity contribution in [3.05, 3.63) is 23.9 Å². The summed E-state index contributed by atoms with van der Waals surface area (Å²) in [6.45, 7) is 0.790. The lowest BCUT2D eigenvalue weighted by molar-refractivity contribution is 0.0697. The van der Waals surface area contributed by atoms with Crippen LogP contribution in [0.25, 0.3) is 0 Å². The summed E-state index contributed by atoms with van der Waals surface area (Å²) in [5.41, 5.74) is 0.197. The van der Waals surface area contributed by atoms with Gasteiger partial charge < -0.3 is 15.1 Å². The van der Waals surface area contributed by atoms with Crippen molar-refractivity contribution in [2.75, 3.05) is 18.1 Å². The first-order chi connectivity index (χ1) is 7.74. The van der Waals surface area contributed by atoms with Crippen LogP contribution in [-0.2, 0) is 0 Å². The molecule has 1 saturated heterocycles. The van der Waals surface area contributed by atoms with Crippen molar-refractivity contribution in [1.82, 2.24) is 4.98 Å². The summed E-state index contributed by atoms with van der Waals surface area (Å²) in [6.07, 6.45) is 3.42. The average Bonchev–Trinajstić information content (AvgIpc) is 2.76. The Kier molecular flexibility index (Phi) is 3.05. The van der Waals surface area contributed by atoms with E-state index in [1.54, 1.807) is 12.3 Å². The molecule has 5 heteroatoms. The number of carboxylic acids is 1. The fourth-order valence-electron chi connectivity index (χ4n) is 2.10. The van der Waals surface area contributed by atoms with E-state index in [-0.39, 0.29) is 18.2 Å². The van der Waals surface area contributed by atoms with E-state index in [9.17, 15) is 9.90 Å². The molecule has 1 aliphatic rings. The quantitative estimate of drug-likeness (QED) is 0.789. The molecule has 0 radical (unpaired) electrons. The number of rotatable bonds is 3. The zero-order chi connectivity index (χ0) is 11.5. The van der Waals surface area contributed by atoms with Crippen molar-refractivity contribution < 1.29 is 15.0 Å². The monoisotopic (exact) mass is 222 g/mol. The highest BCUT2D eigenvalue weighted by molar-refractivity contribution is 5.93. The fourth-order valence-corrected chi connectivity index (χ4v) is 2.10. The second kappa shape index (κ2) is 4.49. The number of aromatic nitrogens is 1. The average molecular weight is 222 g/mol. The Bertz CT molecular complexity index is 395. The number of carbonyl (C=O) groups is 1. The lowest BCUT2D eigenvalue weighted by Gasteiger charge is -2.25. The number of aliphatic hydroxyl groups is 1. The highest BCUT2D eigenvalue weighted by Gasteiger charge is 2.27. The molecule has 2 N–H and O–H groups in total. The molecule has 1 atom stereocenters. The molecule has 0 spiro atoms. The summed E-state index contributed by atoms with van der Waals surface area (Å²) in [5, 5.41) is 18.3. The predicted octanol–water partition coefficient (Wildman–Crippen LogP) is 0.741. The van der Waals surface area contributed by atoms with Crippen molar-refractivity contribution in [3.63, 3.8) is 0 Å². The first kappa shape index (κ1) is 10.9. The highest BCUT2D eigenvalue weighted by Crippen LogP contribution is 2.26. The van der Waals surface area contributed by atoms with E-state index >= 15 is 0 Å². The number of aliphatic hydroxyl groups excluding tert-OH is 1. The van der Waals surface area contributed by atoms with Crippen LogP contribution in [0.2, 0.25) is 0 Å². The SMILES string of the molecule is O=C(O)c1cccnc1N1CCCC1CO. The van der Waals surface area contributed by atoms with Crippen LogP contribution in [-0.4, -0.2) is 40.4 Å². The van der Waals surface area contributed by atoms with E-state index in [1.165, 1.54) is 6.07 Å². The van der Waals surface area contributed by atoms with Crippen molar-refractivity contribution in [2.24, 2.45) is 0 Å². The molecule has 2 rings (SSSR count). The Balaban J connectivity index is 2.35. The number of nitrogens with zero attached hydrogens (tertiary/aromatic N) is 2. The largest absolute Gasteiger partial charge is 0.478 e. The summed E-state index contributed by atoms with van der Waals surface area (Å²) >= 11 is 0. The molecule has 2 heterocycles. The van der Waals surface area contributed by atoms with Gasteiger partial charge in [-0.15, -0.1) is 0 Å². The van der Waals surface area contributed by atoms with Gasteiger partial charge in [0.15, 0.2) is 0 Å². The summed E-state index contributed by atoms with van der Waals surface area (Å²) in [6, 6.07) is 3.14. The third-order valence-corrected chi connectivity index (χ3v) is 2.88. The van der Waals surface area contributed by atoms with Crippen LogP contribution in [0, 0.1) is 0 Å². The van der Waals surface area contributed by atoms with Gasteiger partial charge in [-0.25, -0.2) is 9.78 Å². The standard InChI is InChI=1S/C11H14N2O3/c14-7-8-3-2-6-13(8)10-9(11(15)16)4-1-5-12-10/h1,4-5,8,14H,2-3,6-7H2,(H,15,16). The Morgan fingerprint density at radius 2 is 2.44 bits per heavy atom. The molecule has 1 aromatic rings. The van der Waals surface area contributed by atoms with Gasteiger partial charge in [0, 0.05) is 12.7 Å². The molecule has 0 aliphatic carbocycles. The van der Waals surface area contributed by atoms with Gasteiger partial charge in [0.2, 0.25) is 0 Å². The summed E-state index contributed by atoms with van der Waals surface area (Å²) in [4.78, 5) is 17.0. The topological polar surface area (TPSA) is 73.7 Å². The number of aromatic carboxylic acids is 1. The van der Waals surface area contributed by atoms with E-state index in [0.717, 1.165) is 19.4 Å². The van der Waals surface area contributed by atoms with Crippen molar-refractivity contribution in [3.8, 4) is 0 Å². The zero-order valence-electron chi connectivity index (χ0n) is 8.83. The van der Waals surface area contributed by atoms with Gasteiger partial charge in [0.05, 0.1) is 12.6 Å². The third-order valence-electron chi connectivity index (χ3n) is 2.88. The molecule has 5 nitrogen and oxygen atoms in total. The van der Waals surface area contributed by atoms with Gasteiger partial charge in [-0.3, -0.25) is 0 Å². The van der Waals surface area contributed by atoms with Crippen molar-refractivity contribution >= 4 is 11.8 Å². The lowest BCUT2D eigenvalue weighted by Crippen LogP contribution is -2.33. The molecule has 86 valence electrons. The van der Waals surface area contributed by atoms with Gasteiger partial charge in [-0.2, -0.15) is 0 Å². The second-order valence-corrected chi connectivity index (χ2v) is 3.85. The Morgan fingerprint density at radius 3 is 3.12 bits per heavy atom. The van der Waals surface area contributed by atoms with E-state index in [1.807, 2.05) is 4.90 Å². The Labute approximate surface area is 93.3 Å². The number of hydrogen-bond donors (Lipinski definition) is 2. The molecule has 1 aromatic heterocycles. The minimum absolute atomic E-state index is 0.00648. The van der Waals surface area contributed by atoms with E-state index in [4.69, 9.17) is 5.11 Å². The molecule has 0 aromatic carbocycles. The minimum atomic E-state index is -0.980. The maximum Gasteiger partial charge on any atom is 0.339 e. The van der Waals surface area contributed by atoms with Crippen LogP contribution in [0.4, 0.5) is 5.82 Å². The fraction of sp³-hybridized carbons (Fsp3) is 0.455. The zero-order valence-corrected chi connectivity index (χ0v) is 8.83. The second-order valence-electron chi connectivity index (χ2n) is 3.85. The number of anilines is 1. The molecule has 1 unspecified atom stereocenters. The molecular formula is C11H14N2O3. The molecule has 0 saturated carbocycles. The first-order valence-corrected chi connectivity index (χ1v) is 5.30. The maximum atomic E-state index is 11.0. The maximum absolute atomic E-state index is 11.0. The van der Waals surface area contributed by atoms with Crippen LogP contribution in [0.3, 0.4) is 0 Å². The summed E-state index contributed by atoms with van der Waals surface area (Å²) in [5.74, 6) is -0.516. The van der Waals surface area contributed by atoms with Crippen LogP contribution >= 0.6 is 0 Å². The van der Waals surface area contributed by atoms with Crippen molar-refractivity contribution in [1.29, 1.82) is 0 Å². The molecule has 16 heavy (non-hydrogen) atoms. The lowest BCUT2D eigenvalue weighted by atomic mass is 10.2. The van der Waals surface area contributed by atoms with E-state index < -0.39 is 5.97 Å². The van der Waals surface area contributed by atoms with E-state index in [2.05, 4.69) is 4.98 Å². The molecular weight excluding hydrogens is 208 g/mol. The molecule has 0 bridgehead atoms. The minimum Gasteiger partial charge on any atom is -0.478 e. The van der Waals surface area contributed by atoms with Crippen LogP contribution in [0.1, 0.15) is 23.2 Å². The normalized spacial score (nSPS) is 20.1. The van der Waals surface area contributed by atoms with E-state index in [0.29, 0.717) is 5.82 Å². The molecule has 1 fully saturated rings. The van der Waals surface area contributed by atoms with Crippen LogP contribution in [0.5, 0.6) is 0 Å². The van der Waals surface area contributed by atoms with Gasteiger partial charge in [0.25, 0.3) is 0 Å². The summed E-state index contributed by atoms with van der Waals surface area (Å²) < 4.78 is 0. The number of hydrogen-bond acceptors (Lipinski definition) is 4. The first-order valence-electron chi connectivity index (χ1n) is 5.30. The number of carboxylic acid groups (broad SMARTS) is 1. The predicted molar refractivity (Wildman–Crippen MR) is 58.7 cm³/mol. The third kappa shape index (κ3) is 1.86. The van der Waals surface area contributed by atoms with Gasteiger partial charge in [-0.05, 0) is 25.0 Å². The van der Waals surface area contributed by atoms with Crippen LogP contribution in [0.15, 0.2) is 18.3 Å². The summed E-state index contributed by atoms with van der Waals surface area (Å²) in [7, 11) is 0. The highest BCUT2D eigenvalue weighted by atomic mass is 16.4. The Hall–Kier alpha value is -1.62.